The first-order chi connectivity index (χ1) is 7.18. The van der Waals surface area contributed by atoms with Crippen LogP contribution in [0.3, 0.4) is 0 Å². The quantitative estimate of drug-likeness (QED) is 0.725. The average molecular weight is 203 g/mol. The molecule has 0 spiro atoms. The van der Waals surface area contributed by atoms with E-state index in [1.807, 2.05) is 36.3 Å². The molecule has 2 N–H and O–H groups in total. The van der Waals surface area contributed by atoms with Crippen molar-refractivity contribution >= 4 is 11.7 Å². The van der Waals surface area contributed by atoms with E-state index in [2.05, 4.69) is 4.99 Å². The first kappa shape index (κ1) is 9.71. The number of nitrogens with zero attached hydrogens (tertiary/aromatic N) is 2. The average Bonchev–Trinajstić information content (AvgIpc) is 2.19. The zero-order valence-corrected chi connectivity index (χ0v) is 8.60. The van der Waals surface area contributed by atoms with Crippen molar-refractivity contribution in [3.05, 3.63) is 35.7 Å². The number of carbonyl (C=O) groups is 1. The van der Waals surface area contributed by atoms with Gasteiger partial charge in [0.25, 0.3) is 0 Å². The van der Waals surface area contributed by atoms with Gasteiger partial charge in [0.2, 0.25) is 5.91 Å². The molecule has 0 radical (unpaired) electrons. The van der Waals surface area contributed by atoms with Crippen LogP contribution in [0.25, 0.3) is 0 Å². The van der Waals surface area contributed by atoms with Crippen LogP contribution >= 0.6 is 0 Å². The predicted octanol–water partition coefficient (Wildman–Crippen LogP) is 0.933. The Bertz CT molecular complexity index is 416. The summed E-state index contributed by atoms with van der Waals surface area (Å²) < 4.78 is 0. The van der Waals surface area contributed by atoms with Crippen molar-refractivity contribution in [2.45, 2.75) is 13.3 Å². The summed E-state index contributed by atoms with van der Waals surface area (Å²) >= 11 is 0. The van der Waals surface area contributed by atoms with Crippen LogP contribution in [0.1, 0.15) is 13.3 Å². The van der Waals surface area contributed by atoms with Gasteiger partial charge >= 0.3 is 0 Å². The molecule has 4 heteroatoms. The van der Waals surface area contributed by atoms with Gasteiger partial charge in [0, 0.05) is 17.5 Å². The predicted molar refractivity (Wildman–Crippen MR) is 58.9 cm³/mol. The number of nitrogens with two attached hydrogens (primary N) is 1. The summed E-state index contributed by atoms with van der Waals surface area (Å²) in [6.07, 6.45) is 8.01. The van der Waals surface area contributed by atoms with E-state index in [0.29, 0.717) is 6.54 Å². The van der Waals surface area contributed by atoms with Gasteiger partial charge < -0.3 is 10.6 Å². The Labute approximate surface area is 88.5 Å². The molecule has 2 aliphatic heterocycles. The molecule has 0 saturated carbocycles. The van der Waals surface area contributed by atoms with E-state index >= 15 is 0 Å². The number of amides is 1. The molecule has 4 nitrogen and oxygen atoms in total. The first-order valence-corrected chi connectivity index (χ1v) is 4.85. The van der Waals surface area contributed by atoms with Crippen LogP contribution < -0.4 is 5.73 Å². The van der Waals surface area contributed by atoms with Gasteiger partial charge in [-0.3, -0.25) is 9.79 Å². The number of fused-ring (bicyclic) bond motifs is 1. The van der Waals surface area contributed by atoms with Gasteiger partial charge in [-0.25, -0.2) is 0 Å². The third-order valence-corrected chi connectivity index (χ3v) is 2.42. The molecular formula is C11H13N3O. The Morgan fingerprint density at radius 3 is 3.20 bits per heavy atom. The van der Waals surface area contributed by atoms with Gasteiger partial charge in [0.05, 0.1) is 13.0 Å². The molecule has 0 unspecified atom stereocenters. The SMILES string of the molecule is CC1=CCN=C2C(CC(N)=O)=CC=CN12. The standard InChI is InChI=1S/C11H13N3O/c1-8-4-5-13-11-9(7-10(12)15)3-2-6-14(8)11/h2-4,6H,5,7H2,1H3,(H2,12,15). The molecule has 15 heavy (non-hydrogen) atoms. The van der Waals surface area contributed by atoms with E-state index in [1.165, 1.54) is 0 Å². The highest BCUT2D eigenvalue weighted by atomic mass is 16.1. The zero-order valence-electron chi connectivity index (χ0n) is 8.60. The van der Waals surface area contributed by atoms with Gasteiger partial charge in [0.15, 0.2) is 0 Å². The third-order valence-electron chi connectivity index (χ3n) is 2.42. The molecule has 0 atom stereocenters. The number of hydrogen-bond donors (Lipinski definition) is 1. The minimum atomic E-state index is -0.327. The second-order valence-corrected chi connectivity index (χ2v) is 3.56. The van der Waals surface area contributed by atoms with Crippen LogP contribution in [-0.4, -0.2) is 23.2 Å². The van der Waals surface area contributed by atoms with Crippen LogP contribution in [0, 0.1) is 0 Å². The van der Waals surface area contributed by atoms with E-state index in [4.69, 9.17) is 5.73 Å². The van der Waals surface area contributed by atoms with Crippen LogP contribution in [0.2, 0.25) is 0 Å². The van der Waals surface area contributed by atoms with Crippen LogP contribution in [0.4, 0.5) is 0 Å². The summed E-state index contributed by atoms with van der Waals surface area (Å²) in [5.41, 5.74) is 7.21. The van der Waals surface area contributed by atoms with Crippen LogP contribution in [-0.2, 0) is 4.79 Å². The zero-order chi connectivity index (χ0) is 10.8. The molecular weight excluding hydrogens is 190 g/mol. The summed E-state index contributed by atoms with van der Waals surface area (Å²) in [4.78, 5) is 17.2. The molecule has 0 saturated heterocycles. The second kappa shape index (κ2) is 3.73. The normalized spacial score (nSPS) is 19.0. The lowest BCUT2D eigenvalue weighted by molar-refractivity contribution is -0.117. The van der Waals surface area contributed by atoms with E-state index in [1.54, 1.807) is 0 Å². The lowest BCUT2D eigenvalue weighted by Crippen LogP contribution is -2.32. The lowest BCUT2D eigenvalue weighted by Gasteiger charge is -2.29. The molecule has 0 fully saturated rings. The van der Waals surface area contributed by atoms with Crippen molar-refractivity contribution in [1.29, 1.82) is 0 Å². The highest BCUT2D eigenvalue weighted by Gasteiger charge is 2.20. The number of aliphatic imine (C=N–C) groups is 1. The fraction of sp³-hybridized carbons (Fsp3) is 0.273. The summed E-state index contributed by atoms with van der Waals surface area (Å²) in [5, 5.41) is 0. The first-order valence-electron chi connectivity index (χ1n) is 4.85. The van der Waals surface area contributed by atoms with Gasteiger partial charge in [-0.2, -0.15) is 0 Å². The highest BCUT2D eigenvalue weighted by Crippen LogP contribution is 2.21. The van der Waals surface area contributed by atoms with Crippen LogP contribution in [0.5, 0.6) is 0 Å². The molecule has 0 aromatic rings. The topological polar surface area (TPSA) is 58.7 Å². The fourth-order valence-electron chi connectivity index (χ4n) is 1.70. The van der Waals surface area contributed by atoms with Crippen molar-refractivity contribution in [1.82, 2.24) is 4.90 Å². The Kier molecular flexibility index (Phi) is 2.41. The Balaban J connectivity index is 2.28. The van der Waals surface area contributed by atoms with E-state index < -0.39 is 0 Å². The number of allylic oxidation sites excluding steroid dienone is 3. The smallest absolute Gasteiger partial charge is 0.221 e. The summed E-state index contributed by atoms with van der Waals surface area (Å²) in [6.45, 7) is 2.69. The largest absolute Gasteiger partial charge is 0.369 e. The molecule has 0 bridgehead atoms. The van der Waals surface area contributed by atoms with E-state index in [-0.39, 0.29) is 12.3 Å². The fourth-order valence-corrected chi connectivity index (χ4v) is 1.70. The molecule has 0 aromatic heterocycles. The maximum Gasteiger partial charge on any atom is 0.221 e. The summed E-state index contributed by atoms with van der Waals surface area (Å²) in [7, 11) is 0. The minimum Gasteiger partial charge on any atom is -0.369 e. The maximum atomic E-state index is 10.9. The Morgan fingerprint density at radius 2 is 2.47 bits per heavy atom. The Hall–Kier alpha value is -1.84. The van der Waals surface area contributed by atoms with Crippen LogP contribution in [0.15, 0.2) is 40.7 Å². The molecule has 0 aliphatic carbocycles. The molecule has 1 amide bonds. The van der Waals surface area contributed by atoms with Gasteiger partial charge in [-0.1, -0.05) is 6.08 Å². The number of hydrogen-bond acceptors (Lipinski definition) is 3. The van der Waals surface area contributed by atoms with Gasteiger partial charge in [-0.15, -0.1) is 0 Å². The van der Waals surface area contributed by atoms with Crippen molar-refractivity contribution < 1.29 is 4.79 Å². The molecule has 0 aromatic carbocycles. The molecule has 2 aliphatic rings. The maximum absolute atomic E-state index is 10.9. The summed E-state index contributed by atoms with van der Waals surface area (Å²) in [6, 6.07) is 0. The van der Waals surface area contributed by atoms with Crippen molar-refractivity contribution in [3.8, 4) is 0 Å². The van der Waals surface area contributed by atoms with Crippen molar-refractivity contribution in [3.63, 3.8) is 0 Å². The highest BCUT2D eigenvalue weighted by molar-refractivity contribution is 6.04. The number of carbonyl (C=O) groups excluding carboxylic acids is 1. The molecule has 2 heterocycles. The van der Waals surface area contributed by atoms with E-state index in [0.717, 1.165) is 17.1 Å². The third kappa shape index (κ3) is 1.83. The van der Waals surface area contributed by atoms with Crippen molar-refractivity contribution in [2.24, 2.45) is 10.7 Å². The second-order valence-electron chi connectivity index (χ2n) is 3.56. The summed E-state index contributed by atoms with van der Waals surface area (Å²) in [5.74, 6) is 0.516. The molecule has 78 valence electrons. The number of rotatable bonds is 2. The monoisotopic (exact) mass is 203 g/mol. The molecule has 2 rings (SSSR count). The Morgan fingerprint density at radius 1 is 1.67 bits per heavy atom. The van der Waals surface area contributed by atoms with Gasteiger partial charge in [0.1, 0.15) is 5.84 Å². The van der Waals surface area contributed by atoms with E-state index in [9.17, 15) is 4.79 Å². The minimum absolute atomic E-state index is 0.243. The number of amidine groups is 1. The van der Waals surface area contributed by atoms with Crippen molar-refractivity contribution in [2.75, 3.05) is 6.54 Å². The lowest BCUT2D eigenvalue weighted by atomic mass is 10.1. The van der Waals surface area contributed by atoms with Gasteiger partial charge in [-0.05, 0) is 19.1 Å². The number of primary amides is 1.